The number of nitrogens with zero attached hydrogens (tertiary/aromatic N) is 4. The first kappa shape index (κ1) is 23.2. The molecular weight excluding hydrogens is 432 g/mol. The molecule has 0 aromatic heterocycles. The molecule has 0 unspecified atom stereocenters. The molecule has 2 fully saturated rings. The van der Waals surface area contributed by atoms with Crippen LogP contribution in [0.4, 0.5) is 5.69 Å². The first-order valence-corrected chi connectivity index (χ1v) is 12.9. The number of anilines is 1. The molecule has 0 bridgehead atoms. The van der Waals surface area contributed by atoms with Crippen molar-refractivity contribution in [2.75, 3.05) is 70.5 Å². The van der Waals surface area contributed by atoms with Gasteiger partial charge in [0, 0.05) is 64.3 Å². The summed E-state index contributed by atoms with van der Waals surface area (Å²) in [6, 6.07) is 5.05. The number of sulfonamides is 1. The summed E-state index contributed by atoms with van der Waals surface area (Å²) in [6.45, 7) is 8.22. The predicted molar refractivity (Wildman–Crippen MR) is 120 cm³/mol. The Hall–Kier alpha value is -2.01. The second-order valence-electron chi connectivity index (χ2n) is 8.42. The lowest BCUT2D eigenvalue weighted by Gasteiger charge is -2.33. The van der Waals surface area contributed by atoms with Crippen LogP contribution < -0.4 is 4.90 Å². The lowest BCUT2D eigenvalue weighted by Crippen LogP contribution is -2.48. The number of likely N-dealkylation sites (N-methyl/N-ethyl adjacent to an activating group) is 1. The van der Waals surface area contributed by atoms with E-state index in [0.717, 1.165) is 30.9 Å². The quantitative estimate of drug-likeness (QED) is 0.611. The van der Waals surface area contributed by atoms with Crippen molar-refractivity contribution in [1.82, 2.24) is 14.1 Å². The third-order valence-electron chi connectivity index (χ3n) is 6.58. The van der Waals surface area contributed by atoms with E-state index in [1.807, 2.05) is 0 Å². The number of hydrogen-bond donors (Lipinski definition) is 0. The SMILES string of the molecule is CCN1CCN(S(=O)(=O)c2ccc3c(c2)CCN3C(=O)CCC(=O)N2CCOCC2)CC1. The smallest absolute Gasteiger partial charge is 0.243 e. The highest BCUT2D eigenvalue weighted by atomic mass is 32.2. The molecule has 3 aliphatic heterocycles. The van der Waals surface area contributed by atoms with Crippen molar-refractivity contribution in [3.8, 4) is 0 Å². The Bertz CT molecular complexity index is 953. The van der Waals surface area contributed by atoms with Gasteiger partial charge in [0.05, 0.1) is 18.1 Å². The van der Waals surface area contributed by atoms with Crippen LogP contribution in [0.25, 0.3) is 0 Å². The lowest BCUT2D eigenvalue weighted by molar-refractivity contribution is -0.136. The van der Waals surface area contributed by atoms with Crippen LogP contribution in [0.3, 0.4) is 0 Å². The van der Waals surface area contributed by atoms with E-state index in [9.17, 15) is 18.0 Å². The number of carbonyl (C=O) groups excluding carboxylic acids is 2. The summed E-state index contributed by atoms with van der Waals surface area (Å²) in [5.74, 6) is -0.123. The number of piperazine rings is 1. The maximum atomic E-state index is 13.1. The van der Waals surface area contributed by atoms with Crippen LogP contribution in [-0.2, 0) is 30.8 Å². The third-order valence-corrected chi connectivity index (χ3v) is 8.47. The molecule has 0 saturated carbocycles. The highest BCUT2D eigenvalue weighted by Crippen LogP contribution is 2.32. The molecule has 0 atom stereocenters. The van der Waals surface area contributed by atoms with Gasteiger partial charge in [-0.3, -0.25) is 9.59 Å². The van der Waals surface area contributed by atoms with Crippen LogP contribution in [0.1, 0.15) is 25.3 Å². The molecule has 0 radical (unpaired) electrons. The molecule has 0 aliphatic carbocycles. The topological polar surface area (TPSA) is 90.5 Å². The molecule has 1 aromatic rings. The predicted octanol–water partition coefficient (Wildman–Crippen LogP) is 0.541. The number of amides is 2. The maximum absolute atomic E-state index is 13.1. The van der Waals surface area contributed by atoms with Gasteiger partial charge < -0.3 is 19.4 Å². The zero-order valence-electron chi connectivity index (χ0n) is 18.7. The lowest BCUT2D eigenvalue weighted by atomic mass is 10.2. The van der Waals surface area contributed by atoms with Gasteiger partial charge in [0.1, 0.15) is 0 Å². The average Bonchev–Trinajstić information content (AvgIpc) is 3.26. The molecule has 4 rings (SSSR count). The van der Waals surface area contributed by atoms with Crippen LogP contribution in [0.2, 0.25) is 0 Å². The summed E-state index contributed by atoms with van der Waals surface area (Å²) in [5.41, 5.74) is 1.62. The van der Waals surface area contributed by atoms with Crippen molar-refractivity contribution in [3.05, 3.63) is 23.8 Å². The number of morpholine rings is 1. The molecule has 3 heterocycles. The van der Waals surface area contributed by atoms with E-state index in [4.69, 9.17) is 4.74 Å². The summed E-state index contributed by atoms with van der Waals surface area (Å²) in [7, 11) is -3.54. The monoisotopic (exact) mass is 464 g/mol. The number of rotatable bonds is 6. The molecule has 9 nitrogen and oxygen atoms in total. The first-order chi connectivity index (χ1) is 15.4. The standard InChI is InChI=1S/C22H32N4O5S/c1-2-23-9-11-25(12-10-23)32(29,30)19-3-4-20-18(17-19)7-8-26(20)22(28)6-5-21(27)24-13-15-31-16-14-24/h3-4,17H,2,5-16H2,1H3. The van der Waals surface area contributed by atoms with Crippen LogP contribution in [-0.4, -0.2) is 99.9 Å². The molecule has 176 valence electrons. The Morgan fingerprint density at radius 2 is 1.62 bits per heavy atom. The average molecular weight is 465 g/mol. The van der Waals surface area contributed by atoms with Gasteiger partial charge >= 0.3 is 0 Å². The zero-order chi connectivity index (χ0) is 22.7. The van der Waals surface area contributed by atoms with Gasteiger partial charge in [-0.1, -0.05) is 6.92 Å². The van der Waals surface area contributed by atoms with Gasteiger partial charge in [-0.2, -0.15) is 4.31 Å². The van der Waals surface area contributed by atoms with E-state index in [2.05, 4.69) is 11.8 Å². The molecule has 3 aliphatic rings. The molecule has 2 saturated heterocycles. The van der Waals surface area contributed by atoms with Gasteiger partial charge in [0.2, 0.25) is 21.8 Å². The fraction of sp³-hybridized carbons (Fsp3) is 0.636. The van der Waals surface area contributed by atoms with Crippen LogP contribution in [0.5, 0.6) is 0 Å². The van der Waals surface area contributed by atoms with Gasteiger partial charge in [0.25, 0.3) is 0 Å². The Morgan fingerprint density at radius 1 is 0.938 bits per heavy atom. The normalized spacial score (nSPS) is 20.4. The number of ether oxygens (including phenoxy) is 1. The summed E-state index contributed by atoms with van der Waals surface area (Å²) in [5, 5.41) is 0. The fourth-order valence-corrected chi connectivity index (χ4v) is 6.03. The highest BCUT2D eigenvalue weighted by Gasteiger charge is 2.31. The second kappa shape index (κ2) is 9.86. The van der Waals surface area contributed by atoms with E-state index in [1.54, 1.807) is 32.3 Å². The second-order valence-corrected chi connectivity index (χ2v) is 10.4. The molecular formula is C22H32N4O5S. The molecule has 0 spiro atoms. The van der Waals surface area contributed by atoms with Crippen molar-refractivity contribution in [1.29, 1.82) is 0 Å². The van der Waals surface area contributed by atoms with Gasteiger partial charge in [-0.25, -0.2) is 8.42 Å². The van der Waals surface area contributed by atoms with E-state index < -0.39 is 10.0 Å². The van der Waals surface area contributed by atoms with Gasteiger partial charge in [0.15, 0.2) is 0 Å². The van der Waals surface area contributed by atoms with Crippen LogP contribution in [0.15, 0.2) is 23.1 Å². The van der Waals surface area contributed by atoms with E-state index in [1.165, 1.54) is 0 Å². The number of benzene rings is 1. The number of carbonyl (C=O) groups is 2. The molecule has 10 heteroatoms. The van der Waals surface area contributed by atoms with Crippen molar-refractivity contribution >= 4 is 27.5 Å². The highest BCUT2D eigenvalue weighted by molar-refractivity contribution is 7.89. The van der Waals surface area contributed by atoms with Gasteiger partial charge in [-0.15, -0.1) is 0 Å². The van der Waals surface area contributed by atoms with Crippen molar-refractivity contribution in [2.45, 2.75) is 31.1 Å². The van der Waals surface area contributed by atoms with Crippen LogP contribution in [0, 0.1) is 0 Å². The van der Waals surface area contributed by atoms with Gasteiger partial charge in [-0.05, 0) is 36.7 Å². The molecule has 2 amide bonds. The minimum Gasteiger partial charge on any atom is -0.378 e. The fourth-order valence-electron chi connectivity index (χ4n) is 4.55. The number of hydrogen-bond acceptors (Lipinski definition) is 6. The molecule has 1 aromatic carbocycles. The molecule has 0 N–H and O–H groups in total. The Labute approximate surface area is 189 Å². The summed E-state index contributed by atoms with van der Waals surface area (Å²) in [4.78, 5) is 31.1. The first-order valence-electron chi connectivity index (χ1n) is 11.4. The van der Waals surface area contributed by atoms with Crippen molar-refractivity contribution < 1.29 is 22.7 Å². The zero-order valence-corrected chi connectivity index (χ0v) is 19.5. The summed E-state index contributed by atoms with van der Waals surface area (Å²) >= 11 is 0. The third kappa shape index (κ3) is 4.83. The minimum atomic E-state index is -3.54. The van der Waals surface area contributed by atoms with Crippen LogP contribution >= 0.6 is 0 Å². The van der Waals surface area contributed by atoms with E-state index in [0.29, 0.717) is 52.4 Å². The Morgan fingerprint density at radius 3 is 2.31 bits per heavy atom. The Kier molecular flexibility index (Phi) is 7.14. The largest absolute Gasteiger partial charge is 0.378 e. The van der Waals surface area contributed by atoms with E-state index >= 15 is 0 Å². The number of fused-ring (bicyclic) bond motifs is 1. The minimum absolute atomic E-state index is 0.0225. The van der Waals surface area contributed by atoms with E-state index in [-0.39, 0.29) is 29.6 Å². The maximum Gasteiger partial charge on any atom is 0.243 e. The Balaban J connectivity index is 1.38. The summed E-state index contributed by atoms with van der Waals surface area (Å²) < 4.78 is 33.0. The van der Waals surface area contributed by atoms with Crippen molar-refractivity contribution in [3.63, 3.8) is 0 Å². The molecule has 32 heavy (non-hydrogen) atoms. The van der Waals surface area contributed by atoms with Crippen molar-refractivity contribution in [2.24, 2.45) is 0 Å². The summed E-state index contributed by atoms with van der Waals surface area (Å²) in [6.07, 6.45) is 0.948.